The van der Waals surface area contributed by atoms with Crippen molar-refractivity contribution in [3.05, 3.63) is 64.6 Å². The number of thiazole rings is 1. The van der Waals surface area contributed by atoms with Gasteiger partial charge in [0.25, 0.3) is 5.91 Å². The van der Waals surface area contributed by atoms with Gasteiger partial charge in [-0.25, -0.2) is 14.4 Å². The Balaban J connectivity index is 1.36. The van der Waals surface area contributed by atoms with Crippen molar-refractivity contribution in [3.8, 4) is 16.3 Å². The van der Waals surface area contributed by atoms with E-state index in [4.69, 9.17) is 4.74 Å². The number of hydrogen-bond donors (Lipinski definition) is 0. The van der Waals surface area contributed by atoms with Gasteiger partial charge in [0.15, 0.2) is 6.17 Å². The summed E-state index contributed by atoms with van der Waals surface area (Å²) < 4.78 is 19.3. The minimum atomic E-state index is -1.17. The Morgan fingerprint density at radius 3 is 2.91 bits per heavy atom. The van der Waals surface area contributed by atoms with Crippen LogP contribution in [0, 0.1) is 12.8 Å². The molecule has 0 N–H and O–H groups in total. The summed E-state index contributed by atoms with van der Waals surface area (Å²) in [7, 11) is 1.57. The average Bonchev–Trinajstić information content (AvgIpc) is 3.41. The van der Waals surface area contributed by atoms with Gasteiger partial charge in [-0.05, 0) is 49.8 Å². The highest BCUT2D eigenvalue weighted by molar-refractivity contribution is 7.15. The Morgan fingerprint density at radius 2 is 2.18 bits per heavy atom. The number of rotatable bonds is 8. The number of ether oxygens (including phenoxy) is 1. The number of carbonyl (C=O) groups is 1. The van der Waals surface area contributed by atoms with Crippen LogP contribution in [-0.4, -0.2) is 52.9 Å². The fourth-order valence-corrected chi connectivity index (χ4v) is 5.00. The zero-order valence-electron chi connectivity index (χ0n) is 18.6. The molecule has 6 nitrogen and oxygen atoms in total. The predicted molar refractivity (Wildman–Crippen MR) is 128 cm³/mol. The summed E-state index contributed by atoms with van der Waals surface area (Å²) in [6.07, 6.45) is 10.3. The number of fused-ring (bicyclic) bond motifs is 1. The highest BCUT2D eigenvalue weighted by atomic mass is 32.1. The number of nitrogens with zero attached hydrogens (tertiary/aromatic N) is 4. The molecule has 0 saturated heterocycles. The van der Waals surface area contributed by atoms with Crippen LogP contribution < -0.4 is 4.74 Å². The summed E-state index contributed by atoms with van der Waals surface area (Å²) >= 11 is 1.49. The molecule has 2 aromatic rings. The van der Waals surface area contributed by atoms with E-state index in [1.165, 1.54) is 17.4 Å². The molecule has 2 aromatic heterocycles. The van der Waals surface area contributed by atoms with E-state index < -0.39 is 6.17 Å². The Labute approximate surface area is 196 Å². The van der Waals surface area contributed by atoms with E-state index in [2.05, 4.69) is 15.0 Å². The van der Waals surface area contributed by atoms with Crippen molar-refractivity contribution < 1.29 is 13.9 Å². The second kappa shape index (κ2) is 9.02. The summed E-state index contributed by atoms with van der Waals surface area (Å²) in [5, 5.41) is 0.834. The topological polar surface area (TPSA) is 67.7 Å². The molecule has 1 fully saturated rings. The number of pyridine rings is 1. The maximum absolute atomic E-state index is 14.1. The molecule has 0 spiro atoms. The van der Waals surface area contributed by atoms with Gasteiger partial charge >= 0.3 is 0 Å². The summed E-state index contributed by atoms with van der Waals surface area (Å²) in [5.74, 6) is 0.992. The first-order valence-corrected chi connectivity index (χ1v) is 11.9. The standard InChI is InChI=1S/C25H25FN4O2S/c1-15-29-23(24(33-15)18-8-9-21(32-2)27-13-18)25(31)30(14-16-6-7-16)11-10-17-12-28-22-19(17)4-3-5-20(22)26/h3-5,8-9,12-13,16,20H,6-7,10-11,14H2,1-2H3. The van der Waals surface area contributed by atoms with Gasteiger partial charge < -0.3 is 9.64 Å². The molecule has 1 amide bonds. The Morgan fingerprint density at radius 1 is 1.33 bits per heavy atom. The Bertz CT molecular complexity index is 1190. The Kier molecular flexibility index (Phi) is 5.93. The van der Waals surface area contributed by atoms with Crippen molar-refractivity contribution in [2.75, 3.05) is 20.2 Å². The van der Waals surface area contributed by atoms with Crippen LogP contribution in [0.3, 0.4) is 0 Å². The molecular weight excluding hydrogens is 439 g/mol. The third-order valence-corrected chi connectivity index (χ3v) is 7.06. The summed E-state index contributed by atoms with van der Waals surface area (Å²) in [6.45, 7) is 3.16. The zero-order valence-corrected chi connectivity index (χ0v) is 19.4. The lowest BCUT2D eigenvalue weighted by atomic mass is 9.94. The molecule has 1 saturated carbocycles. The molecule has 33 heavy (non-hydrogen) atoms. The number of methoxy groups -OCH3 is 1. The van der Waals surface area contributed by atoms with Crippen LogP contribution in [0.15, 0.2) is 58.9 Å². The fourth-order valence-electron chi connectivity index (χ4n) is 4.10. The molecule has 3 aliphatic rings. The summed E-state index contributed by atoms with van der Waals surface area (Å²) in [5.41, 5.74) is 3.60. The van der Waals surface area contributed by atoms with E-state index in [9.17, 15) is 9.18 Å². The van der Waals surface area contributed by atoms with Gasteiger partial charge in [-0.1, -0.05) is 12.2 Å². The quantitative estimate of drug-likeness (QED) is 0.555. The third kappa shape index (κ3) is 4.53. The third-order valence-electron chi connectivity index (χ3n) is 6.04. The number of allylic oxidation sites excluding steroid dienone is 4. The lowest BCUT2D eigenvalue weighted by Crippen LogP contribution is -2.34. The van der Waals surface area contributed by atoms with Gasteiger partial charge in [0.05, 0.1) is 22.7 Å². The molecule has 1 aliphatic heterocycles. The second-order valence-electron chi connectivity index (χ2n) is 8.48. The van der Waals surface area contributed by atoms with E-state index in [0.717, 1.165) is 39.4 Å². The maximum Gasteiger partial charge on any atom is 0.274 e. The van der Waals surface area contributed by atoms with Gasteiger partial charge in [-0.3, -0.25) is 9.79 Å². The van der Waals surface area contributed by atoms with Gasteiger partial charge in [0.2, 0.25) is 5.88 Å². The Hall–Kier alpha value is -3.13. The zero-order chi connectivity index (χ0) is 22.9. The molecule has 3 heterocycles. The first kappa shape index (κ1) is 21.7. The van der Waals surface area contributed by atoms with Crippen LogP contribution in [-0.2, 0) is 0 Å². The lowest BCUT2D eigenvalue weighted by Gasteiger charge is -2.23. The highest BCUT2D eigenvalue weighted by Gasteiger charge is 2.31. The molecule has 8 heteroatoms. The maximum atomic E-state index is 14.1. The lowest BCUT2D eigenvalue weighted by molar-refractivity contribution is 0.0745. The molecule has 5 rings (SSSR count). The first-order chi connectivity index (χ1) is 16.0. The molecule has 0 bridgehead atoms. The number of aliphatic imine (C=N–C) groups is 1. The monoisotopic (exact) mass is 464 g/mol. The number of amides is 1. The predicted octanol–water partition coefficient (Wildman–Crippen LogP) is 4.94. The average molecular weight is 465 g/mol. The normalized spacial score (nSPS) is 19.0. The van der Waals surface area contributed by atoms with Crippen molar-refractivity contribution in [3.63, 3.8) is 0 Å². The second-order valence-corrected chi connectivity index (χ2v) is 9.68. The van der Waals surface area contributed by atoms with Crippen molar-refractivity contribution in [1.29, 1.82) is 0 Å². The SMILES string of the molecule is COc1ccc(-c2sc(C)nc2C(=O)N(CCC2=CN=C3C2=CC=CC3F)CC2CC2)cn1. The van der Waals surface area contributed by atoms with E-state index in [1.807, 2.05) is 24.0 Å². The van der Waals surface area contributed by atoms with Crippen LogP contribution in [0.5, 0.6) is 5.88 Å². The number of halogens is 1. The fraction of sp³-hybridized carbons (Fsp3) is 0.360. The van der Waals surface area contributed by atoms with Crippen molar-refractivity contribution in [2.24, 2.45) is 10.9 Å². The number of aromatic nitrogens is 2. The number of hydrogen-bond acceptors (Lipinski definition) is 6. The first-order valence-electron chi connectivity index (χ1n) is 11.1. The van der Waals surface area contributed by atoms with Crippen LogP contribution >= 0.6 is 11.3 Å². The number of alkyl halides is 1. The van der Waals surface area contributed by atoms with Crippen molar-refractivity contribution in [1.82, 2.24) is 14.9 Å². The number of carbonyl (C=O) groups excluding carboxylic acids is 1. The van der Waals surface area contributed by atoms with E-state index in [-0.39, 0.29) is 5.91 Å². The van der Waals surface area contributed by atoms with Gasteiger partial charge in [-0.2, -0.15) is 0 Å². The molecule has 170 valence electrons. The van der Waals surface area contributed by atoms with E-state index in [1.54, 1.807) is 31.6 Å². The van der Waals surface area contributed by atoms with E-state index >= 15 is 0 Å². The molecule has 2 aliphatic carbocycles. The van der Waals surface area contributed by atoms with Crippen LogP contribution in [0.4, 0.5) is 4.39 Å². The molecule has 0 radical (unpaired) electrons. The minimum absolute atomic E-state index is 0.0716. The van der Waals surface area contributed by atoms with Gasteiger partial charge in [0, 0.05) is 42.7 Å². The van der Waals surface area contributed by atoms with Crippen molar-refractivity contribution >= 4 is 23.0 Å². The van der Waals surface area contributed by atoms with Gasteiger partial charge in [-0.15, -0.1) is 11.3 Å². The van der Waals surface area contributed by atoms with Crippen molar-refractivity contribution in [2.45, 2.75) is 32.4 Å². The molecule has 0 aromatic carbocycles. The van der Waals surface area contributed by atoms with Crippen LogP contribution in [0.1, 0.15) is 34.8 Å². The number of aryl methyl sites for hydroxylation is 1. The molecular formula is C25H25FN4O2S. The largest absolute Gasteiger partial charge is 0.481 e. The summed E-state index contributed by atoms with van der Waals surface area (Å²) in [4.78, 5) is 29.5. The highest BCUT2D eigenvalue weighted by Crippen LogP contribution is 2.35. The smallest absolute Gasteiger partial charge is 0.274 e. The molecule has 1 atom stereocenters. The van der Waals surface area contributed by atoms with Gasteiger partial charge in [0.1, 0.15) is 5.69 Å². The van der Waals surface area contributed by atoms with E-state index in [0.29, 0.717) is 42.7 Å². The molecule has 1 unspecified atom stereocenters. The minimum Gasteiger partial charge on any atom is -0.481 e. The summed E-state index contributed by atoms with van der Waals surface area (Å²) in [6, 6.07) is 3.69. The van der Waals surface area contributed by atoms with Crippen LogP contribution in [0.2, 0.25) is 0 Å². The van der Waals surface area contributed by atoms with Crippen LogP contribution in [0.25, 0.3) is 10.4 Å².